The number of anilines is 1. The van der Waals surface area contributed by atoms with Gasteiger partial charge in [0.1, 0.15) is 0 Å². The molecular formula is C17H23ClN2O2. The predicted molar refractivity (Wildman–Crippen MR) is 89.3 cm³/mol. The second-order valence-electron chi connectivity index (χ2n) is 6.00. The van der Waals surface area contributed by atoms with Crippen LogP contribution in [0.1, 0.15) is 37.3 Å². The van der Waals surface area contributed by atoms with Crippen molar-refractivity contribution in [3.05, 3.63) is 28.3 Å². The minimum atomic E-state index is -0.0771. The van der Waals surface area contributed by atoms with Gasteiger partial charge in [0.05, 0.1) is 10.7 Å². The molecule has 0 aliphatic heterocycles. The zero-order chi connectivity index (χ0) is 16.3. The highest BCUT2D eigenvalue weighted by molar-refractivity contribution is 6.34. The number of nitrogens with one attached hydrogen (secondary N) is 1. The van der Waals surface area contributed by atoms with Crippen LogP contribution in [0.15, 0.2) is 12.1 Å². The van der Waals surface area contributed by atoms with E-state index in [2.05, 4.69) is 5.32 Å². The maximum atomic E-state index is 12.0. The molecule has 0 unspecified atom stereocenters. The normalized spacial score (nSPS) is 14.4. The van der Waals surface area contributed by atoms with Crippen molar-refractivity contribution in [3.63, 3.8) is 0 Å². The van der Waals surface area contributed by atoms with Crippen molar-refractivity contribution in [2.45, 2.75) is 40.0 Å². The van der Waals surface area contributed by atoms with Gasteiger partial charge in [0.2, 0.25) is 11.8 Å². The lowest BCUT2D eigenvalue weighted by Gasteiger charge is -2.27. The smallest absolute Gasteiger partial charge is 0.223 e. The van der Waals surface area contributed by atoms with Crippen LogP contribution in [-0.4, -0.2) is 24.9 Å². The zero-order valence-electron chi connectivity index (χ0n) is 13.4. The summed E-state index contributed by atoms with van der Waals surface area (Å²) in [5.74, 6) is 0.184. The summed E-state index contributed by atoms with van der Waals surface area (Å²) in [6.45, 7) is 6.30. The number of carbonyl (C=O) groups is 2. The van der Waals surface area contributed by atoms with Crippen molar-refractivity contribution in [3.8, 4) is 0 Å². The van der Waals surface area contributed by atoms with Gasteiger partial charge in [-0.15, -0.1) is 0 Å². The predicted octanol–water partition coefficient (Wildman–Crippen LogP) is 3.23. The van der Waals surface area contributed by atoms with E-state index in [1.165, 1.54) is 6.92 Å². The molecule has 1 aliphatic rings. The molecule has 0 radical (unpaired) electrons. The van der Waals surface area contributed by atoms with Crippen molar-refractivity contribution in [2.75, 3.05) is 18.0 Å². The van der Waals surface area contributed by atoms with E-state index in [9.17, 15) is 9.59 Å². The van der Waals surface area contributed by atoms with Crippen LogP contribution < -0.4 is 10.2 Å². The van der Waals surface area contributed by atoms with Gasteiger partial charge in [-0.2, -0.15) is 0 Å². The van der Waals surface area contributed by atoms with Crippen LogP contribution in [0.4, 0.5) is 5.69 Å². The highest BCUT2D eigenvalue weighted by Crippen LogP contribution is 2.31. The molecule has 1 aromatic carbocycles. The van der Waals surface area contributed by atoms with Gasteiger partial charge in [-0.05, 0) is 43.9 Å². The summed E-state index contributed by atoms with van der Waals surface area (Å²) in [7, 11) is 0. The topological polar surface area (TPSA) is 49.4 Å². The molecule has 2 amide bonds. The zero-order valence-corrected chi connectivity index (χ0v) is 14.2. The van der Waals surface area contributed by atoms with Crippen molar-refractivity contribution < 1.29 is 9.59 Å². The van der Waals surface area contributed by atoms with Gasteiger partial charge < -0.3 is 10.2 Å². The molecule has 0 aromatic heterocycles. The Morgan fingerprint density at radius 1 is 1.32 bits per heavy atom. The van der Waals surface area contributed by atoms with E-state index in [-0.39, 0.29) is 17.7 Å². The monoisotopic (exact) mass is 322 g/mol. The molecule has 0 bridgehead atoms. The number of rotatable bonds is 5. The second kappa shape index (κ2) is 7.14. The number of benzene rings is 1. The fourth-order valence-corrected chi connectivity index (χ4v) is 3.21. The number of halogens is 1. The fraction of sp³-hybridized carbons (Fsp3) is 0.529. The third kappa shape index (κ3) is 3.80. The van der Waals surface area contributed by atoms with E-state index in [0.717, 1.165) is 36.1 Å². The molecule has 1 aliphatic carbocycles. The summed E-state index contributed by atoms with van der Waals surface area (Å²) < 4.78 is 0. The number of hydrogen-bond acceptors (Lipinski definition) is 2. The van der Waals surface area contributed by atoms with E-state index >= 15 is 0 Å². The Bertz CT molecular complexity index is 559. The SMILES string of the molecule is CC(=O)N(CCNC(=O)C1CCC1)c1c(C)cc(C)cc1Cl. The number of aryl methyl sites for hydroxylation is 2. The first kappa shape index (κ1) is 16.8. The Balaban J connectivity index is 2.04. The molecule has 22 heavy (non-hydrogen) atoms. The van der Waals surface area contributed by atoms with E-state index < -0.39 is 0 Å². The standard InChI is InChI=1S/C17H23ClN2O2/c1-11-9-12(2)16(15(18)10-11)20(13(3)21)8-7-19-17(22)14-5-4-6-14/h9-10,14H,4-8H2,1-3H3,(H,19,22). The fourth-order valence-electron chi connectivity index (χ4n) is 2.78. The largest absolute Gasteiger partial charge is 0.354 e. The van der Waals surface area contributed by atoms with Gasteiger partial charge in [-0.1, -0.05) is 24.1 Å². The number of amides is 2. The third-order valence-corrected chi connectivity index (χ3v) is 4.45. The summed E-state index contributed by atoms with van der Waals surface area (Å²) in [5.41, 5.74) is 2.76. The quantitative estimate of drug-likeness (QED) is 0.904. The summed E-state index contributed by atoms with van der Waals surface area (Å²) in [4.78, 5) is 25.5. The van der Waals surface area contributed by atoms with Gasteiger partial charge in [-0.3, -0.25) is 9.59 Å². The summed E-state index contributed by atoms with van der Waals surface area (Å²) in [6, 6.07) is 3.86. The van der Waals surface area contributed by atoms with E-state index in [0.29, 0.717) is 18.1 Å². The highest BCUT2D eigenvalue weighted by Gasteiger charge is 2.25. The van der Waals surface area contributed by atoms with Crippen LogP contribution in [-0.2, 0) is 9.59 Å². The molecule has 1 fully saturated rings. The Morgan fingerprint density at radius 2 is 2.00 bits per heavy atom. The number of hydrogen-bond donors (Lipinski definition) is 1. The molecule has 5 heteroatoms. The van der Waals surface area contributed by atoms with Crippen LogP contribution >= 0.6 is 11.6 Å². The van der Waals surface area contributed by atoms with Crippen molar-refractivity contribution in [1.29, 1.82) is 0 Å². The molecule has 1 N–H and O–H groups in total. The Hall–Kier alpha value is -1.55. The summed E-state index contributed by atoms with van der Waals surface area (Å²) in [6.07, 6.45) is 3.09. The van der Waals surface area contributed by atoms with Gasteiger partial charge in [0.15, 0.2) is 0 Å². The Morgan fingerprint density at radius 3 is 2.50 bits per heavy atom. The molecular weight excluding hydrogens is 300 g/mol. The average molecular weight is 323 g/mol. The van der Waals surface area contributed by atoms with E-state index in [1.54, 1.807) is 4.90 Å². The molecule has 4 nitrogen and oxygen atoms in total. The van der Waals surface area contributed by atoms with Gasteiger partial charge in [0.25, 0.3) is 0 Å². The van der Waals surface area contributed by atoms with Crippen molar-refractivity contribution >= 4 is 29.1 Å². The van der Waals surface area contributed by atoms with Crippen LogP contribution in [0, 0.1) is 19.8 Å². The first-order chi connectivity index (χ1) is 10.4. The summed E-state index contributed by atoms with van der Waals surface area (Å²) >= 11 is 6.32. The van der Waals surface area contributed by atoms with Crippen LogP contribution in [0.25, 0.3) is 0 Å². The average Bonchev–Trinajstić information content (AvgIpc) is 2.33. The lowest BCUT2D eigenvalue weighted by Crippen LogP contribution is -2.41. The molecule has 0 heterocycles. The van der Waals surface area contributed by atoms with E-state index in [4.69, 9.17) is 11.6 Å². The van der Waals surface area contributed by atoms with Crippen LogP contribution in [0.3, 0.4) is 0 Å². The maximum Gasteiger partial charge on any atom is 0.223 e. The Labute approximate surface area is 136 Å². The van der Waals surface area contributed by atoms with Gasteiger partial charge in [-0.25, -0.2) is 0 Å². The van der Waals surface area contributed by atoms with Gasteiger partial charge >= 0.3 is 0 Å². The lowest BCUT2D eigenvalue weighted by molar-refractivity contribution is -0.127. The van der Waals surface area contributed by atoms with Crippen LogP contribution in [0.5, 0.6) is 0 Å². The third-order valence-electron chi connectivity index (χ3n) is 4.16. The minimum Gasteiger partial charge on any atom is -0.354 e. The molecule has 120 valence electrons. The first-order valence-corrected chi connectivity index (χ1v) is 8.10. The maximum absolute atomic E-state index is 12.0. The Kier molecular flexibility index (Phi) is 5.46. The van der Waals surface area contributed by atoms with Crippen molar-refractivity contribution in [1.82, 2.24) is 5.32 Å². The molecule has 0 atom stereocenters. The van der Waals surface area contributed by atoms with Gasteiger partial charge in [0, 0.05) is 25.9 Å². The van der Waals surface area contributed by atoms with Crippen LogP contribution in [0.2, 0.25) is 5.02 Å². The first-order valence-electron chi connectivity index (χ1n) is 7.72. The van der Waals surface area contributed by atoms with E-state index in [1.807, 2.05) is 26.0 Å². The number of nitrogens with zero attached hydrogens (tertiary/aromatic N) is 1. The highest BCUT2D eigenvalue weighted by atomic mass is 35.5. The molecule has 1 aromatic rings. The summed E-state index contributed by atoms with van der Waals surface area (Å²) in [5, 5.41) is 3.48. The second-order valence-corrected chi connectivity index (χ2v) is 6.41. The molecule has 2 rings (SSSR count). The molecule has 1 saturated carbocycles. The molecule has 0 spiro atoms. The minimum absolute atomic E-state index is 0.0771. The lowest BCUT2D eigenvalue weighted by atomic mass is 9.85. The van der Waals surface area contributed by atoms with Crippen molar-refractivity contribution in [2.24, 2.45) is 5.92 Å². The molecule has 0 saturated heterocycles. The number of carbonyl (C=O) groups excluding carboxylic acids is 2.